The van der Waals surface area contributed by atoms with Gasteiger partial charge in [0.15, 0.2) is 0 Å². The maximum absolute atomic E-state index is 4.54. The highest BCUT2D eigenvalue weighted by atomic mass is 14.7. The molecule has 0 saturated heterocycles. The van der Waals surface area contributed by atoms with E-state index < -0.39 is 0 Å². The zero-order valence-electron chi connectivity index (χ0n) is 13.2. The zero-order chi connectivity index (χ0) is 15.2. The van der Waals surface area contributed by atoms with E-state index in [1.165, 1.54) is 22.3 Å². The van der Waals surface area contributed by atoms with Crippen molar-refractivity contribution < 1.29 is 0 Å². The molecular formula is C20H23N. The molecule has 0 amide bonds. The third kappa shape index (κ3) is 4.16. The summed E-state index contributed by atoms with van der Waals surface area (Å²) in [6, 6.07) is 14.8. The molecule has 0 N–H and O–H groups in total. The Morgan fingerprint density at radius 1 is 1.10 bits per heavy atom. The largest absolute Gasteiger partial charge is 0.258 e. The van der Waals surface area contributed by atoms with Crippen LogP contribution in [0.5, 0.6) is 0 Å². The van der Waals surface area contributed by atoms with Crippen LogP contribution < -0.4 is 0 Å². The lowest BCUT2D eigenvalue weighted by molar-refractivity contribution is 1.06. The summed E-state index contributed by atoms with van der Waals surface area (Å²) in [6.45, 7) is 10.5. The topological polar surface area (TPSA) is 12.9 Å². The molecule has 0 saturated carbocycles. The van der Waals surface area contributed by atoms with Gasteiger partial charge in [-0.1, -0.05) is 55.5 Å². The lowest BCUT2D eigenvalue weighted by Gasteiger charge is -2.11. The summed E-state index contributed by atoms with van der Waals surface area (Å²) in [7, 11) is 0. The standard InChI is InChI=1S/C20H23N/c1-5-15(2)20(13-18-9-7-6-8-10-18)14-19-12-11-16(3)21-17(19)4/h6-12,14H,2,5,13H2,1,3-4H3/b20-14-. The van der Waals surface area contributed by atoms with Crippen molar-refractivity contribution in [3.05, 3.63) is 82.7 Å². The molecule has 1 nitrogen and oxygen atoms in total. The molecule has 0 unspecified atom stereocenters. The molecule has 0 atom stereocenters. The highest BCUT2D eigenvalue weighted by molar-refractivity contribution is 5.60. The van der Waals surface area contributed by atoms with Gasteiger partial charge in [0.05, 0.1) is 0 Å². The highest BCUT2D eigenvalue weighted by Gasteiger charge is 2.05. The molecule has 2 aromatic rings. The monoisotopic (exact) mass is 277 g/mol. The smallest absolute Gasteiger partial charge is 0.0448 e. The number of hydrogen-bond acceptors (Lipinski definition) is 1. The van der Waals surface area contributed by atoms with Crippen molar-refractivity contribution in [3.8, 4) is 0 Å². The fraction of sp³-hybridized carbons (Fsp3) is 0.250. The number of benzene rings is 1. The molecule has 0 spiro atoms. The van der Waals surface area contributed by atoms with Crippen LogP contribution in [-0.2, 0) is 6.42 Å². The van der Waals surface area contributed by atoms with Crippen LogP contribution in [0.4, 0.5) is 0 Å². The van der Waals surface area contributed by atoms with E-state index in [1.54, 1.807) is 0 Å². The number of nitrogens with zero attached hydrogens (tertiary/aromatic N) is 1. The molecule has 21 heavy (non-hydrogen) atoms. The minimum absolute atomic E-state index is 0.917. The molecule has 1 heteroatoms. The average Bonchev–Trinajstić information content (AvgIpc) is 2.49. The van der Waals surface area contributed by atoms with Gasteiger partial charge < -0.3 is 0 Å². The molecule has 1 heterocycles. The normalized spacial score (nSPS) is 11.5. The summed E-state index contributed by atoms with van der Waals surface area (Å²) >= 11 is 0. The zero-order valence-corrected chi connectivity index (χ0v) is 13.2. The number of aromatic nitrogens is 1. The number of aryl methyl sites for hydroxylation is 2. The van der Waals surface area contributed by atoms with Crippen molar-refractivity contribution in [2.24, 2.45) is 0 Å². The quantitative estimate of drug-likeness (QED) is 0.677. The molecule has 1 aromatic carbocycles. The van der Waals surface area contributed by atoms with Crippen LogP contribution in [0.1, 0.15) is 35.9 Å². The second-order valence-corrected chi connectivity index (χ2v) is 5.42. The highest BCUT2D eigenvalue weighted by Crippen LogP contribution is 2.22. The Hall–Kier alpha value is -2.15. The van der Waals surface area contributed by atoms with E-state index in [9.17, 15) is 0 Å². The molecule has 0 aliphatic heterocycles. The summed E-state index contributed by atoms with van der Waals surface area (Å²) < 4.78 is 0. The van der Waals surface area contributed by atoms with Gasteiger partial charge >= 0.3 is 0 Å². The van der Waals surface area contributed by atoms with Crippen molar-refractivity contribution in [2.45, 2.75) is 33.6 Å². The predicted molar refractivity (Wildman–Crippen MR) is 91.3 cm³/mol. The van der Waals surface area contributed by atoms with Gasteiger partial charge in [-0.2, -0.15) is 0 Å². The second kappa shape index (κ2) is 7.03. The van der Waals surface area contributed by atoms with E-state index in [0.717, 1.165) is 24.2 Å². The van der Waals surface area contributed by atoms with Gasteiger partial charge in [0.25, 0.3) is 0 Å². The van der Waals surface area contributed by atoms with Crippen molar-refractivity contribution in [2.75, 3.05) is 0 Å². The van der Waals surface area contributed by atoms with E-state index in [4.69, 9.17) is 0 Å². The van der Waals surface area contributed by atoms with Gasteiger partial charge in [0.1, 0.15) is 0 Å². The van der Waals surface area contributed by atoms with Crippen LogP contribution in [0.2, 0.25) is 0 Å². The van der Waals surface area contributed by atoms with E-state index in [-0.39, 0.29) is 0 Å². The Kier molecular flexibility index (Phi) is 5.10. The third-order valence-corrected chi connectivity index (χ3v) is 3.71. The molecule has 0 aliphatic carbocycles. The fourth-order valence-corrected chi connectivity index (χ4v) is 2.36. The number of hydrogen-bond donors (Lipinski definition) is 0. The first-order chi connectivity index (χ1) is 10.1. The summed E-state index contributed by atoms with van der Waals surface area (Å²) in [6.07, 6.45) is 4.12. The molecule has 1 aromatic heterocycles. The first-order valence-electron chi connectivity index (χ1n) is 7.47. The van der Waals surface area contributed by atoms with E-state index in [1.807, 2.05) is 6.92 Å². The number of pyridine rings is 1. The van der Waals surface area contributed by atoms with E-state index >= 15 is 0 Å². The Morgan fingerprint density at radius 3 is 2.43 bits per heavy atom. The first kappa shape index (κ1) is 15.2. The minimum atomic E-state index is 0.917. The Balaban J connectivity index is 2.35. The van der Waals surface area contributed by atoms with Crippen LogP contribution in [0.3, 0.4) is 0 Å². The van der Waals surface area contributed by atoms with Gasteiger partial charge in [-0.15, -0.1) is 0 Å². The van der Waals surface area contributed by atoms with Gasteiger partial charge in [0, 0.05) is 11.4 Å². The molecular weight excluding hydrogens is 254 g/mol. The van der Waals surface area contributed by atoms with Gasteiger partial charge in [-0.25, -0.2) is 0 Å². The molecule has 0 bridgehead atoms. The predicted octanol–water partition coefficient (Wildman–Crippen LogP) is 5.29. The summed E-state index contributed by atoms with van der Waals surface area (Å²) in [5.41, 5.74) is 7.11. The SMILES string of the molecule is C=C(CC)/C(=C\c1ccc(C)nc1C)Cc1ccccc1. The van der Waals surface area contributed by atoms with Crippen LogP contribution in [0, 0.1) is 13.8 Å². The molecule has 0 aliphatic rings. The molecule has 2 rings (SSSR count). The van der Waals surface area contributed by atoms with Gasteiger partial charge in [-0.3, -0.25) is 4.98 Å². The average molecular weight is 277 g/mol. The third-order valence-electron chi connectivity index (χ3n) is 3.71. The van der Waals surface area contributed by atoms with Crippen LogP contribution in [0.25, 0.3) is 6.08 Å². The summed E-state index contributed by atoms with van der Waals surface area (Å²) in [5.74, 6) is 0. The fourth-order valence-electron chi connectivity index (χ4n) is 2.36. The Morgan fingerprint density at radius 2 is 1.81 bits per heavy atom. The van der Waals surface area contributed by atoms with Gasteiger partial charge in [0.2, 0.25) is 0 Å². The van der Waals surface area contributed by atoms with Crippen molar-refractivity contribution in [1.82, 2.24) is 4.98 Å². The molecule has 0 radical (unpaired) electrons. The Bertz CT molecular complexity index is 651. The maximum Gasteiger partial charge on any atom is 0.0448 e. The van der Waals surface area contributed by atoms with Gasteiger partial charge in [-0.05, 0) is 55.5 Å². The second-order valence-electron chi connectivity index (χ2n) is 5.42. The minimum Gasteiger partial charge on any atom is -0.258 e. The van der Waals surface area contributed by atoms with Crippen LogP contribution >= 0.6 is 0 Å². The number of rotatable bonds is 5. The Labute approximate surface area is 128 Å². The van der Waals surface area contributed by atoms with Crippen molar-refractivity contribution in [1.29, 1.82) is 0 Å². The van der Waals surface area contributed by atoms with E-state index in [0.29, 0.717) is 0 Å². The maximum atomic E-state index is 4.54. The number of allylic oxidation sites excluding steroid dienone is 2. The molecule has 108 valence electrons. The van der Waals surface area contributed by atoms with Crippen LogP contribution in [-0.4, -0.2) is 4.98 Å². The summed E-state index contributed by atoms with van der Waals surface area (Å²) in [5, 5.41) is 0. The van der Waals surface area contributed by atoms with Crippen molar-refractivity contribution >= 4 is 6.08 Å². The van der Waals surface area contributed by atoms with E-state index in [2.05, 4.69) is 74.0 Å². The van der Waals surface area contributed by atoms with Crippen LogP contribution in [0.15, 0.2) is 60.2 Å². The lowest BCUT2D eigenvalue weighted by atomic mass is 9.95. The molecule has 0 fully saturated rings. The summed E-state index contributed by atoms with van der Waals surface area (Å²) in [4.78, 5) is 4.54. The van der Waals surface area contributed by atoms with Crippen molar-refractivity contribution in [3.63, 3.8) is 0 Å². The first-order valence-corrected chi connectivity index (χ1v) is 7.47. The lowest BCUT2D eigenvalue weighted by Crippen LogP contribution is -1.96.